The summed E-state index contributed by atoms with van der Waals surface area (Å²) in [5, 5.41) is 11.6. The molecule has 1 aromatic heterocycles. The number of nitrogens with one attached hydrogen (secondary N) is 1. The van der Waals surface area contributed by atoms with Gasteiger partial charge in [-0.05, 0) is 39.4 Å². The highest BCUT2D eigenvalue weighted by Crippen LogP contribution is 2.20. The van der Waals surface area contributed by atoms with Crippen LogP contribution in [0, 0.1) is 6.92 Å². The van der Waals surface area contributed by atoms with Gasteiger partial charge in [0.1, 0.15) is 11.9 Å². The van der Waals surface area contributed by atoms with Crippen LogP contribution in [0.4, 0.5) is 0 Å². The molecule has 0 radical (unpaired) electrons. The number of aromatic nitrogens is 3. The van der Waals surface area contributed by atoms with Crippen LogP contribution in [0.5, 0.6) is 0 Å². The average molecular weight is 341 g/mol. The summed E-state index contributed by atoms with van der Waals surface area (Å²) in [5.41, 5.74) is 2.16. The number of carbonyl (C=O) groups is 1. The topological polar surface area (TPSA) is 63.1 Å². The number of nitrogens with zero attached hydrogens (tertiary/aromatic N) is 4. The van der Waals surface area contributed by atoms with E-state index in [0.29, 0.717) is 6.54 Å². The predicted octanol–water partition coefficient (Wildman–Crippen LogP) is 2.23. The lowest BCUT2D eigenvalue weighted by Gasteiger charge is -2.24. The van der Waals surface area contributed by atoms with Crippen molar-refractivity contribution in [1.29, 1.82) is 0 Å². The second-order valence-corrected chi connectivity index (χ2v) is 6.99. The molecule has 25 heavy (non-hydrogen) atoms. The normalized spacial score (nSPS) is 15.5. The summed E-state index contributed by atoms with van der Waals surface area (Å²) in [4.78, 5) is 14.8. The van der Waals surface area contributed by atoms with Gasteiger partial charge in [0.05, 0.1) is 6.54 Å². The molecule has 1 atom stereocenters. The van der Waals surface area contributed by atoms with Crippen LogP contribution in [0.2, 0.25) is 0 Å². The molecule has 0 spiro atoms. The molecule has 2 aromatic rings. The van der Waals surface area contributed by atoms with E-state index in [1.807, 2.05) is 44.1 Å². The number of hydrogen-bond acceptors (Lipinski definition) is 4. The first-order valence-corrected chi connectivity index (χ1v) is 8.98. The van der Waals surface area contributed by atoms with Gasteiger partial charge in [0.15, 0.2) is 5.82 Å². The summed E-state index contributed by atoms with van der Waals surface area (Å²) in [6.07, 6.45) is 4.52. The Morgan fingerprint density at radius 2 is 2.12 bits per heavy atom. The van der Waals surface area contributed by atoms with E-state index in [1.165, 1.54) is 12.8 Å². The number of aryl methyl sites for hydroxylation is 2. The molecule has 6 nitrogen and oxygen atoms in total. The lowest BCUT2D eigenvalue weighted by Crippen LogP contribution is -2.37. The molecule has 0 unspecified atom stereocenters. The molecule has 0 saturated carbocycles. The molecule has 1 N–H and O–H groups in total. The maximum atomic E-state index is 12.8. The summed E-state index contributed by atoms with van der Waals surface area (Å²) in [7, 11) is 3.85. The maximum absolute atomic E-state index is 12.8. The molecule has 1 aliphatic rings. The maximum Gasteiger partial charge on any atom is 0.242 e. The number of hydrogen-bond donors (Lipinski definition) is 1. The van der Waals surface area contributed by atoms with Crippen LogP contribution in [0.3, 0.4) is 0 Å². The highest BCUT2D eigenvalue weighted by Gasteiger charge is 2.23. The quantitative estimate of drug-likeness (QED) is 0.906. The minimum Gasteiger partial charge on any atom is -0.347 e. The second-order valence-electron chi connectivity index (χ2n) is 6.99. The van der Waals surface area contributed by atoms with Crippen molar-refractivity contribution in [2.45, 2.75) is 51.7 Å². The van der Waals surface area contributed by atoms with Gasteiger partial charge < -0.3 is 9.88 Å². The van der Waals surface area contributed by atoms with Crippen molar-refractivity contribution in [3.05, 3.63) is 47.0 Å². The van der Waals surface area contributed by atoms with Crippen LogP contribution >= 0.6 is 0 Å². The van der Waals surface area contributed by atoms with Crippen LogP contribution in [-0.4, -0.2) is 39.7 Å². The minimum absolute atomic E-state index is 0.0124. The zero-order valence-electron chi connectivity index (χ0n) is 15.3. The first kappa shape index (κ1) is 17.6. The van der Waals surface area contributed by atoms with Gasteiger partial charge in [0.2, 0.25) is 5.91 Å². The Kier molecular flexibility index (Phi) is 5.48. The molecule has 0 bridgehead atoms. The molecular formula is C19H27N5O. The molecule has 3 rings (SSSR count). The van der Waals surface area contributed by atoms with Crippen molar-refractivity contribution < 1.29 is 4.79 Å². The van der Waals surface area contributed by atoms with Crippen LogP contribution in [0.15, 0.2) is 24.3 Å². The Hall–Kier alpha value is -2.21. The number of carbonyl (C=O) groups excluding carboxylic acids is 1. The smallest absolute Gasteiger partial charge is 0.242 e. The number of fused-ring (bicyclic) bond motifs is 1. The Bertz CT molecular complexity index is 737. The fourth-order valence-electron chi connectivity index (χ4n) is 3.46. The summed E-state index contributed by atoms with van der Waals surface area (Å²) < 4.78 is 2.17. The Morgan fingerprint density at radius 3 is 2.88 bits per heavy atom. The standard InChI is InChI=1S/C19H27N5O/c1-14-8-7-9-15(12-14)18(23(2)3)19(25)20-13-17-22-21-16-10-5-4-6-11-24(16)17/h7-9,12,18H,4-6,10-11,13H2,1-3H3,(H,20,25)/t18-/m0/s1. The van der Waals surface area contributed by atoms with Gasteiger partial charge in [-0.2, -0.15) is 0 Å². The van der Waals surface area contributed by atoms with E-state index in [4.69, 9.17) is 0 Å². The Labute approximate surface area is 149 Å². The van der Waals surface area contributed by atoms with Gasteiger partial charge in [-0.3, -0.25) is 9.69 Å². The van der Waals surface area contributed by atoms with Crippen molar-refractivity contribution in [3.8, 4) is 0 Å². The van der Waals surface area contributed by atoms with Gasteiger partial charge in [-0.1, -0.05) is 36.2 Å². The highest BCUT2D eigenvalue weighted by atomic mass is 16.2. The summed E-state index contributed by atoms with van der Waals surface area (Å²) in [6, 6.07) is 7.78. The molecule has 0 fully saturated rings. The van der Waals surface area contributed by atoms with Crippen LogP contribution in [-0.2, 0) is 24.3 Å². The molecule has 1 amide bonds. The van der Waals surface area contributed by atoms with Gasteiger partial charge in [0, 0.05) is 13.0 Å². The SMILES string of the molecule is Cc1cccc([C@@H](C(=O)NCc2nnc3n2CCCCC3)N(C)C)c1. The first-order chi connectivity index (χ1) is 12.1. The van der Waals surface area contributed by atoms with Gasteiger partial charge in [0.25, 0.3) is 0 Å². The molecule has 1 aliphatic heterocycles. The molecular weight excluding hydrogens is 314 g/mol. The van der Waals surface area contributed by atoms with E-state index in [2.05, 4.69) is 26.1 Å². The predicted molar refractivity (Wildman–Crippen MR) is 97.0 cm³/mol. The fourth-order valence-corrected chi connectivity index (χ4v) is 3.46. The molecule has 6 heteroatoms. The molecule has 0 saturated heterocycles. The van der Waals surface area contributed by atoms with Crippen LogP contribution in [0.1, 0.15) is 48.1 Å². The molecule has 1 aromatic carbocycles. The number of amides is 1. The van der Waals surface area contributed by atoms with Crippen LogP contribution < -0.4 is 5.32 Å². The third-order valence-electron chi connectivity index (χ3n) is 4.73. The molecule has 0 aliphatic carbocycles. The third-order valence-corrected chi connectivity index (χ3v) is 4.73. The lowest BCUT2D eigenvalue weighted by molar-refractivity contribution is -0.126. The second kappa shape index (κ2) is 7.78. The van der Waals surface area contributed by atoms with E-state index < -0.39 is 0 Å². The van der Waals surface area contributed by atoms with Gasteiger partial charge in [-0.25, -0.2) is 0 Å². The third kappa shape index (κ3) is 4.07. The van der Waals surface area contributed by atoms with Crippen LogP contribution in [0.25, 0.3) is 0 Å². The minimum atomic E-state index is -0.313. The largest absolute Gasteiger partial charge is 0.347 e. The highest BCUT2D eigenvalue weighted by molar-refractivity contribution is 5.83. The summed E-state index contributed by atoms with van der Waals surface area (Å²) >= 11 is 0. The van der Waals surface area contributed by atoms with E-state index in [9.17, 15) is 4.79 Å². The van der Waals surface area contributed by atoms with Crippen molar-refractivity contribution in [2.75, 3.05) is 14.1 Å². The molecule has 2 heterocycles. The number of rotatable bonds is 5. The fraction of sp³-hybridized carbons (Fsp3) is 0.526. The van der Waals surface area contributed by atoms with Crippen molar-refractivity contribution in [3.63, 3.8) is 0 Å². The Balaban J connectivity index is 1.71. The summed E-state index contributed by atoms with van der Waals surface area (Å²) in [5.74, 6) is 1.89. The van der Waals surface area contributed by atoms with Gasteiger partial charge in [-0.15, -0.1) is 10.2 Å². The van der Waals surface area contributed by atoms with Crippen molar-refractivity contribution in [1.82, 2.24) is 25.0 Å². The molecule has 134 valence electrons. The van der Waals surface area contributed by atoms with Gasteiger partial charge >= 0.3 is 0 Å². The lowest BCUT2D eigenvalue weighted by atomic mass is 10.0. The zero-order chi connectivity index (χ0) is 17.8. The van der Waals surface area contributed by atoms with E-state index >= 15 is 0 Å². The zero-order valence-corrected chi connectivity index (χ0v) is 15.3. The monoisotopic (exact) mass is 341 g/mol. The summed E-state index contributed by atoms with van der Waals surface area (Å²) in [6.45, 7) is 3.41. The van der Waals surface area contributed by atoms with Crippen molar-refractivity contribution >= 4 is 5.91 Å². The van der Waals surface area contributed by atoms with Crippen molar-refractivity contribution in [2.24, 2.45) is 0 Å². The average Bonchev–Trinajstić information content (AvgIpc) is 2.79. The van der Waals surface area contributed by atoms with E-state index in [0.717, 1.165) is 42.2 Å². The Morgan fingerprint density at radius 1 is 1.28 bits per heavy atom. The van der Waals surface area contributed by atoms with E-state index in [1.54, 1.807) is 0 Å². The number of benzene rings is 1. The number of likely N-dealkylation sites (N-methyl/N-ethyl adjacent to an activating group) is 1. The first-order valence-electron chi connectivity index (χ1n) is 8.98. The van der Waals surface area contributed by atoms with E-state index in [-0.39, 0.29) is 11.9 Å².